The Kier molecular flexibility index (Phi) is 6.27. The molecule has 1 aliphatic rings. The van der Waals surface area contributed by atoms with E-state index in [1.54, 1.807) is 12.1 Å². The van der Waals surface area contributed by atoms with Gasteiger partial charge in [0.25, 0.3) is 0 Å². The van der Waals surface area contributed by atoms with Gasteiger partial charge in [-0.05, 0) is 62.4 Å². The first-order valence-corrected chi connectivity index (χ1v) is 7.85. The van der Waals surface area contributed by atoms with Gasteiger partial charge in [-0.2, -0.15) is 0 Å². The van der Waals surface area contributed by atoms with Crippen molar-refractivity contribution in [3.05, 3.63) is 34.6 Å². The van der Waals surface area contributed by atoms with E-state index in [1.165, 1.54) is 6.07 Å². The number of hydrogen-bond donors (Lipinski definition) is 1. The molecule has 20 heavy (non-hydrogen) atoms. The number of benzene rings is 1. The second-order valence-corrected chi connectivity index (χ2v) is 5.90. The van der Waals surface area contributed by atoms with Crippen molar-refractivity contribution in [1.82, 2.24) is 5.32 Å². The average Bonchev–Trinajstić information content (AvgIpc) is 2.93. The molecule has 0 aliphatic carbocycles. The van der Waals surface area contributed by atoms with Gasteiger partial charge >= 0.3 is 0 Å². The molecule has 1 aromatic carbocycles. The molecule has 1 fully saturated rings. The van der Waals surface area contributed by atoms with Crippen LogP contribution in [0.1, 0.15) is 38.2 Å². The Morgan fingerprint density at radius 1 is 1.50 bits per heavy atom. The van der Waals surface area contributed by atoms with E-state index >= 15 is 0 Å². The lowest BCUT2D eigenvalue weighted by Gasteiger charge is -2.22. The SMILES string of the molecule is CCCNC(Cc1cc(Cl)ccc1F)CC1CCCO1. The van der Waals surface area contributed by atoms with Gasteiger partial charge in [-0.15, -0.1) is 0 Å². The zero-order valence-corrected chi connectivity index (χ0v) is 12.8. The Balaban J connectivity index is 1.99. The molecule has 2 rings (SSSR count). The Morgan fingerprint density at radius 2 is 2.35 bits per heavy atom. The minimum Gasteiger partial charge on any atom is -0.378 e. The fourth-order valence-corrected chi connectivity index (χ4v) is 2.89. The van der Waals surface area contributed by atoms with Crippen molar-refractivity contribution in [3.63, 3.8) is 0 Å². The van der Waals surface area contributed by atoms with Gasteiger partial charge in [-0.1, -0.05) is 18.5 Å². The molecule has 2 atom stereocenters. The second kappa shape index (κ2) is 7.96. The van der Waals surface area contributed by atoms with E-state index in [2.05, 4.69) is 12.2 Å². The van der Waals surface area contributed by atoms with Gasteiger partial charge in [0.1, 0.15) is 5.82 Å². The molecular formula is C16H23ClFNO. The summed E-state index contributed by atoms with van der Waals surface area (Å²) in [7, 11) is 0. The smallest absolute Gasteiger partial charge is 0.126 e. The lowest BCUT2D eigenvalue weighted by Crippen LogP contribution is -2.35. The second-order valence-electron chi connectivity index (χ2n) is 5.46. The highest BCUT2D eigenvalue weighted by molar-refractivity contribution is 6.30. The summed E-state index contributed by atoms with van der Waals surface area (Å²) in [5.41, 5.74) is 0.684. The van der Waals surface area contributed by atoms with Crippen LogP contribution in [-0.4, -0.2) is 25.3 Å². The molecular weight excluding hydrogens is 277 g/mol. The van der Waals surface area contributed by atoms with E-state index in [9.17, 15) is 4.39 Å². The van der Waals surface area contributed by atoms with Crippen LogP contribution in [0.4, 0.5) is 4.39 Å². The zero-order valence-electron chi connectivity index (χ0n) is 12.0. The quantitative estimate of drug-likeness (QED) is 0.823. The van der Waals surface area contributed by atoms with E-state index in [-0.39, 0.29) is 11.9 Å². The molecule has 0 saturated carbocycles. The largest absolute Gasteiger partial charge is 0.378 e. The third-order valence-electron chi connectivity index (χ3n) is 3.73. The lowest BCUT2D eigenvalue weighted by atomic mass is 9.99. The normalized spacial score (nSPS) is 20.2. The van der Waals surface area contributed by atoms with Gasteiger partial charge in [-0.25, -0.2) is 4.39 Å². The van der Waals surface area contributed by atoms with Crippen molar-refractivity contribution in [2.24, 2.45) is 0 Å². The van der Waals surface area contributed by atoms with Crippen molar-refractivity contribution in [2.75, 3.05) is 13.2 Å². The van der Waals surface area contributed by atoms with Crippen molar-refractivity contribution in [1.29, 1.82) is 0 Å². The molecule has 4 heteroatoms. The molecule has 112 valence electrons. The topological polar surface area (TPSA) is 21.3 Å². The third kappa shape index (κ3) is 4.72. The molecule has 2 unspecified atom stereocenters. The van der Waals surface area contributed by atoms with E-state index in [1.807, 2.05) is 0 Å². The van der Waals surface area contributed by atoms with Gasteiger partial charge < -0.3 is 10.1 Å². The minimum absolute atomic E-state index is 0.176. The van der Waals surface area contributed by atoms with Gasteiger partial charge in [0.05, 0.1) is 6.10 Å². The maximum absolute atomic E-state index is 13.8. The van der Waals surface area contributed by atoms with Gasteiger partial charge in [0.2, 0.25) is 0 Å². The Bertz CT molecular complexity index is 421. The minimum atomic E-state index is -0.176. The summed E-state index contributed by atoms with van der Waals surface area (Å²) in [6.07, 6.45) is 5.23. The molecule has 1 heterocycles. The van der Waals surface area contributed by atoms with Gasteiger partial charge in [0.15, 0.2) is 0 Å². The van der Waals surface area contributed by atoms with Crippen LogP contribution in [0.5, 0.6) is 0 Å². The highest BCUT2D eigenvalue weighted by atomic mass is 35.5. The highest BCUT2D eigenvalue weighted by Gasteiger charge is 2.21. The molecule has 1 N–H and O–H groups in total. The molecule has 0 radical (unpaired) electrons. The summed E-state index contributed by atoms with van der Waals surface area (Å²) in [5.74, 6) is -0.176. The van der Waals surface area contributed by atoms with Crippen LogP contribution in [-0.2, 0) is 11.2 Å². The number of nitrogens with one attached hydrogen (secondary N) is 1. The average molecular weight is 300 g/mol. The number of rotatable bonds is 7. The molecule has 0 spiro atoms. The van der Waals surface area contributed by atoms with Crippen LogP contribution >= 0.6 is 11.6 Å². The Morgan fingerprint density at radius 3 is 3.05 bits per heavy atom. The molecule has 0 bridgehead atoms. The van der Waals surface area contributed by atoms with Crippen LogP contribution in [0.3, 0.4) is 0 Å². The molecule has 2 nitrogen and oxygen atoms in total. The first-order valence-electron chi connectivity index (χ1n) is 7.48. The Hall–Kier alpha value is -0.640. The van der Waals surface area contributed by atoms with Crippen LogP contribution in [0.15, 0.2) is 18.2 Å². The summed E-state index contributed by atoms with van der Waals surface area (Å²) in [6, 6.07) is 5.01. The molecule has 1 saturated heterocycles. The summed E-state index contributed by atoms with van der Waals surface area (Å²) in [5, 5.41) is 4.09. The molecule has 0 amide bonds. The van der Waals surface area contributed by atoms with Crippen LogP contribution in [0.2, 0.25) is 5.02 Å². The monoisotopic (exact) mass is 299 g/mol. The summed E-state index contributed by atoms with van der Waals surface area (Å²) in [6.45, 7) is 3.94. The highest BCUT2D eigenvalue weighted by Crippen LogP contribution is 2.21. The van der Waals surface area contributed by atoms with Gasteiger partial charge in [-0.3, -0.25) is 0 Å². The summed E-state index contributed by atoms with van der Waals surface area (Å²) >= 11 is 5.96. The van der Waals surface area contributed by atoms with Crippen LogP contribution < -0.4 is 5.32 Å². The summed E-state index contributed by atoms with van der Waals surface area (Å²) in [4.78, 5) is 0. The number of hydrogen-bond acceptors (Lipinski definition) is 2. The summed E-state index contributed by atoms with van der Waals surface area (Å²) < 4.78 is 19.5. The van der Waals surface area contributed by atoms with Crippen molar-refractivity contribution in [2.45, 2.75) is 51.2 Å². The van der Waals surface area contributed by atoms with Crippen molar-refractivity contribution < 1.29 is 9.13 Å². The third-order valence-corrected chi connectivity index (χ3v) is 3.96. The predicted octanol–water partition coefficient (Wildman–Crippen LogP) is 3.96. The standard InChI is InChI=1S/C16H23ClFNO/c1-2-7-19-14(11-15-4-3-8-20-15)10-12-9-13(17)5-6-16(12)18/h5-6,9,14-15,19H,2-4,7-8,10-11H2,1H3. The van der Waals surface area contributed by atoms with E-state index in [0.717, 1.165) is 38.8 Å². The fourth-order valence-electron chi connectivity index (χ4n) is 2.70. The molecule has 1 aromatic rings. The maximum Gasteiger partial charge on any atom is 0.126 e. The Labute approximate surface area is 125 Å². The first-order chi connectivity index (χ1) is 9.69. The zero-order chi connectivity index (χ0) is 14.4. The lowest BCUT2D eigenvalue weighted by molar-refractivity contribution is 0.0945. The van der Waals surface area contributed by atoms with Crippen molar-refractivity contribution >= 4 is 11.6 Å². The number of halogens is 2. The number of ether oxygens (including phenoxy) is 1. The van der Waals surface area contributed by atoms with E-state index < -0.39 is 0 Å². The maximum atomic E-state index is 13.8. The van der Waals surface area contributed by atoms with Crippen LogP contribution in [0, 0.1) is 5.82 Å². The van der Waals surface area contributed by atoms with Crippen molar-refractivity contribution in [3.8, 4) is 0 Å². The van der Waals surface area contributed by atoms with E-state index in [4.69, 9.17) is 16.3 Å². The predicted molar refractivity (Wildman–Crippen MR) is 80.8 cm³/mol. The molecule has 0 aromatic heterocycles. The fraction of sp³-hybridized carbons (Fsp3) is 0.625. The van der Waals surface area contributed by atoms with Gasteiger partial charge in [0, 0.05) is 17.7 Å². The first kappa shape index (κ1) is 15.7. The van der Waals surface area contributed by atoms with E-state index in [0.29, 0.717) is 23.1 Å². The van der Waals surface area contributed by atoms with Crippen LogP contribution in [0.25, 0.3) is 0 Å². The molecule has 1 aliphatic heterocycles.